The van der Waals surface area contributed by atoms with Crippen molar-refractivity contribution < 1.29 is 23.8 Å². The van der Waals surface area contributed by atoms with Crippen LogP contribution in [0.4, 0.5) is 0 Å². The Labute approximate surface area is 202 Å². The van der Waals surface area contributed by atoms with E-state index < -0.39 is 18.5 Å². The van der Waals surface area contributed by atoms with E-state index in [2.05, 4.69) is 5.10 Å². The normalized spacial score (nSPS) is 14.9. The number of hydrogen-bond donors (Lipinski definition) is 0. The molecule has 0 N–H and O–H groups in total. The van der Waals surface area contributed by atoms with Gasteiger partial charge < -0.3 is 14.2 Å². The van der Waals surface area contributed by atoms with Crippen molar-refractivity contribution in [1.82, 2.24) is 5.01 Å². The molecule has 1 heterocycles. The van der Waals surface area contributed by atoms with E-state index in [1.807, 2.05) is 54.6 Å². The molecular formula is C26H23ClN2O5. The number of hydrogen-bond acceptors (Lipinski definition) is 6. The quantitative estimate of drug-likeness (QED) is 0.440. The molecule has 174 valence electrons. The zero-order chi connectivity index (χ0) is 23.9. The number of hydrazone groups is 1. The number of amides is 1. The average Bonchev–Trinajstić information content (AvgIpc) is 3.33. The Morgan fingerprint density at radius 3 is 2.38 bits per heavy atom. The van der Waals surface area contributed by atoms with Crippen LogP contribution in [0.3, 0.4) is 0 Å². The molecule has 0 bridgehead atoms. The highest BCUT2D eigenvalue weighted by Gasteiger charge is 2.33. The summed E-state index contributed by atoms with van der Waals surface area (Å²) in [4.78, 5) is 25.2. The van der Waals surface area contributed by atoms with Gasteiger partial charge in [0.25, 0.3) is 5.91 Å². The number of nitrogens with zero attached hydrogens (tertiary/aromatic N) is 2. The second-order valence-electron chi connectivity index (χ2n) is 7.52. The summed E-state index contributed by atoms with van der Waals surface area (Å²) >= 11 is 6.02. The summed E-state index contributed by atoms with van der Waals surface area (Å²) in [5.74, 6) is -0.0292. The summed E-state index contributed by atoms with van der Waals surface area (Å²) in [6, 6.07) is 23.6. The molecule has 0 saturated heterocycles. The van der Waals surface area contributed by atoms with Gasteiger partial charge in [0.2, 0.25) is 0 Å². The molecule has 4 rings (SSSR count). The molecule has 0 fully saturated rings. The van der Waals surface area contributed by atoms with Gasteiger partial charge in [-0.05, 0) is 35.4 Å². The van der Waals surface area contributed by atoms with E-state index in [9.17, 15) is 9.59 Å². The molecule has 34 heavy (non-hydrogen) atoms. The largest absolute Gasteiger partial charge is 0.497 e. The molecule has 1 aliphatic rings. The van der Waals surface area contributed by atoms with Crippen LogP contribution < -0.4 is 9.47 Å². The van der Waals surface area contributed by atoms with Crippen molar-refractivity contribution in [1.29, 1.82) is 0 Å². The number of para-hydroxylation sites is 1. The first kappa shape index (κ1) is 23.3. The lowest BCUT2D eigenvalue weighted by Crippen LogP contribution is -2.32. The minimum absolute atomic E-state index is 0.327. The molecule has 1 atom stereocenters. The molecule has 1 aliphatic heterocycles. The molecule has 0 radical (unpaired) electrons. The zero-order valence-corrected chi connectivity index (χ0v) is 19.3. The SMILES string of the molecule is COc1ccc(C2CC(c3ccccc3)=NN2C(=O)COC(=O)COc2ccccc2Cl)cc1. The first-order valence-corrected chi connectivity index (χ1v) is 11.0. The van der Waals surface area contributed by atoms with Gasteiger partial charge >= 0.3 is 5.97 Å². The van der Waals surface area contributed by atoms with Gasteiger partial charge in [0.05, 0.1) is 23.9 Å². The molecule has 1 unspecified atom stereocenters. The second kappa shape index (κ2) is 10.9. The van der Waals surface area contributed by atoms with Crippen molar-refractivity contribution in [3.63, 3.8) is 0 Å². The average molecular weight is 479 g/mol. The summed E-state index contributed by atoms with van der Waals surface area (Å²) in [5, 5.41) is 6.34. The highest BCUT2D eigenvalue weighted by molar-refractivity contribution is 6.32. The zero-order valence-electron chi connectivity index (χ0n) is 18.5. The summed E-state index contributed by atoms with van der Waals surface area (Å²) in [6.45, 7) is -0.819. The minimum atomic E-state index is -0.680. The van der Waals surface area contributed by atoms with Crippen LogP contribution in [-0.2, 0) is 14.3 Å². The standard InChI is InChI=1S/C26H23ClN2O5/c1-32-20-13-11-19(12-14-20)23-15-22(18-7-3-2-4-8-18)28-29(23)25(30)16-34-26(31)17-33-24-10-6-5-9-21(24)27/h2-14,23H,15-17H2,1H3. The van der Waals surface area contributed by atoms with Crippen molar-refractivity contribution in [3.8, 4) is 11.5 Å². The lowest BCUT2D eigenvalue weighted by molar-refractivity contribution is -0.154. The van der Waals surface area contributed by atoms with E-state index >= 15 is 0 Å². The van der Waals surface area contributed by atoms with Crippen LogP contribution in [0.15, 0.2) is 84.0 Å². The third-order valence-corrected chi connectivity index (χ3v) is 5.62. The van der Waals surface area contributed by atoms with Crippen LogP contribution in [0, 0.1) is 0 Å². The van der Waals surface area contributed by atoms with Crippen LogP contribution in [0.25, 0.3) is 0 Å². The minimum Gasteiger partial charge on any atom is -0.497 e. The van der Waals surface area contributed by atoms with Gasteiger partial charge in [-0.2, -0.15) is 5.10 Å². The monoisotopic (exact) mass is 478 g/mol. The summed E-state index contributed by atoms with van der Waals surface area (Å²) in [6.07, 6.45) is 0.533. The first-order chi connectivity index (χ1) is 16.5. The number of carbonyl (C=O) groups is 2. The van der Waals surface area contributed by atoms with Crippen LogP contribution >= 0.6 is 11.6 Å². The highest BCUT2D eigenvalue weighted by Crippen LogP contribution is 2.33. The lowest BCUT2D eigenvalue weighted by atomic mass is 9.98. The Bertz CT molecular complexity index is 1180. The van der Waals surface area contributed by atoms with Crippen molar-refractivity contribution in [2.24, 2.45) is 5.10 Å². The molecule has 3 aromatic carbocycles. The third-order valence-electron chi connectivity index (χ3n) is 5.31. The number of halogens is 1. The Kier molecular flexibility index (Phi) is 7.44. The molecule has 1 amide bonds. The van der Waals surface area contributed by atoms with Crippen molar-refractivity contribution in [2.45, 2.75) is 12.5 Å². The predicted molar refractivity (Wildman–Crippen MR) is 128 cm³/mol. The molecule has 3 aromatic rings. The van der Waals surface area contributed by atoms with E-state index in [1.165, 1.54) is 5.01 Å². The number of ether oxygens (including phenoxy) is 3. The predicted octanol–water partition coefficient (Wildman–Crippen LogP) is 4.65. The molecule has 7 nitrogen and oxygen atoms in total. The van der Waals surface area contributed by atoms with Gasteiger partial charge in [0.15, 0.2) is 13.2 Å². The maximum atomic E-state index is 13.0. The molecule has 8 heteroatoms. The Morgan fingerprint density at radius 1 is 0.971 bits per heavy atom. The van der Waals surface area contributed by atoms with Crippen LogP contribution in [-0.4, -0.2) is 42.9 Å². The van der Waals surface area contributed by atoms with E-state index in [1.54, 1.807) is 31.4 Å². The van der Waals surface area contributed by atoms with Crippen molar-refractivity contribution >= 4 is 29.2 Å². The van der Waals surface area contributed by atoms with Crippen LogP contribution in [0.2, 0.25) is 5.02 Å². The van der Waals surface area contributed by atoms with Gasteiger partial charge in [-0.15, -0.1) is 0 Å². The van der Waals surface area contributed by atoms with Gasteiger partial charge in [-0.3, -0.25) is 4.79 Å². The fraction of sp³-hybridized carbons (Fsp3) is 0.192. The van der Waals surface area contributed by atoms with Gasteiger partial charge in [0.1, 0.15) is 11.5 Å². The Balaban J connectivity index is 1.44. The maximum Gasteiger partial charge on any atom is 0.344 e. The van der Waals surface area contributed by atoms with Gasteiger partial charge in [-0.1, -0.05) is 66.2 Å². The number of esters is 1. The first-order valence-electron chi connectivity index (χ1n) is 10.7. The van der Waals surface area contributed by atoms with E-state index in [0.29, 0.717) is 17.2 Å². The number of methoxy groups -OCH3 is 1. The number of rotatable bonds is 8. The fourth-order valence-corrected chi connectivity index (χ4v) is 3.77. The molecule has 0 aromatic heterocycles. The third kappa shape index (κ3) is 5.55. The topological polar surface area (TPSA) is 77.4 Å². The second-order valence-corrected chi connectivity index (χ2v) is 7.93. The Morgan fingerprint density at radius 2 is 1.68 bits per heavy atom. The maximum absolute atomic E-state index is 13.0. The summed E-state index contributed by atoms with van der Waals surface area (Å²) < 4.78 is 15.8. The Hall–Kier alpha value is -3.84. The van der Waals surface area contributed by atoms with E-state index in [0.717, 1.165) is 22.6 Å². The molecule has 0 aliphatic carbocycles. The van der Waals surface area contributed by atoms with Crippen molar-refractivity contribution in [2.75, 3.05) is 20.3 Å². The molecule has 0 spiro atoms. The molecule has 0 saturated carbocycles. The van der Waals surface area contributed by atoms with Crippen LogP contribution in [0.5, 0.6) is 11.5 Å². The van der Waals surface area contributed by atoms with Crippen molar-refractivity contribution in [3.05, 3.63) is 95.0 Å². The van der Waals surface area contributed by atoms with Gasteiger partial charge in [-0.25, -0.2) is 9.80 Å². The lowest BCUT2D eigenvalue weighted by Gasteiger charge is -2.22. The van der Waals surface area contributed by atoms with E-state index in [4.69, 9.17) is 25.8 Å². The van der Waals surface area contributed by atoms with Crippen LogP contribution in [0.1, 0.15) is 23.6 Å². The molecular weight excluding hydrogens is 456 g/mol. The van der Waals surface area contributed by atoms with Gasteiger partial charge in [0, 0.05) is 6.42 Å². The smallest absolute Gasteiger partial charge is 0.344 e. The fourth-order valence-electron chi connectivity index (χ4n) is 3.58. The number of benzene rings is 3. The van der Waals surface area contributed by atoms with E-state index in [-0.39, 0.29) is 12.6 Å². The number of carbonyl (C=O) groups excluding carboxylic acids is 2. The summed E-state index contributed by atoms with van der Waals surface area (Å²) in [5.41, 5.74) is 2.61. The highest BCUT2D eigenvalue weighted by atomic mass is 35.5. The summed E-state index contributed by atoms with van der Waals surface area (Å²) in [7, 11) is 1.60.